The number of para-hydroxylation sites is 2. The summed E-state index contributed by atoms with van der Waals surface area (Å²) < 4.78 is 5.69. The number of thioether (sulfide) groups is 1. The molecule has 1 aromatic heterocycles. The van der Waals surface area contributed by atoms with Gasteiger partial charge in [0, 0.05) is 5.75 Å². The molecule has 0 aliphatic carbocycles. The van der Waals surface area contributed by atoms with Crippen LogP contribution in [0.5, 0.6) is 0 Å². The number of nitrogens with one attached hydrogen (secondary N) is 1. The van der Waals surface area contributed by atoms with Gasteiger partial charge in [0.1, 0.15) is 5.52 Å². The predicted octanol–water partition coefficient (Wildman–Crippen LogP) is 2.92. The van der Waals surface area contributed by atoms with E-state index < -0.39 is 0 Å². The van der Waals surface area contributed by atoms with E-state index in [1.165, 1.54) is 19.4 Å². The molecule has 2 aromatic rings. The van der Waals surface area contributed by atoms with Crippen LogP contribution in [0.25, 0.3) is 11.1 Å². The summed E-state index contributed by atoms with van der Waals surface area (Å²) >= 11 is 1.73. The van der Waals surface area contributed by atoms with Gasteiger partial charge in [0.05, 0.1) is 0 Å². The highest BCUT2D eigenvalue weighted by atomic mass is 32.2. The van der Waals surface area contributed by atoms with Gasteiger partial charge < -0.3 is 9.73 Å². The number of hydrogen-bond acceptors (Lipinski definition) is 4. The van der Waals surface area contributed by atoms with E-state index in [0.717, 1.165) is 34.5 Å². The van der Waals surface area contributed by atoms with Crippen LogP contribution in [0.1, 0.15) is 12.8 Å². The quantitative estimate of drug-likeness (QED) is 0.848. The first-order valence-electron chi connectivity index (χ1n) is 6.11. The summed E-state index contributed by atoms with van der Waals surface area (Å²) in [6, 6.07) is 7.93. The van der Waals surface area contributed by atoms with E-state index in [-0.39, 0.29) is 0 Å². The third kappa shape index (κ3) is 2.64. The zero-order valence-electron chi connectivity index (χ0n) is 9.69. The minimum Gasteiger partial charge on any atom is -0.431 e. The lowest BCUT2D eigenvalue weighted by Crippen LogP contribution is -2.30. The van der Waals surface area contributed by atoms with E-state index in [4.69, 9.17) is 4.42 Å². The molecular weight excluding hydrogens is 232 g/mol. The zero-order chi connectivity index (χ0) is 11.5. The Morgan fingerprint density at radius 1 is 1.41 bits per heavy atom. The third-order valence-electron chi connectivity index (χ3n) is 3.12. The molecule has 0 saturated carbocycles. The van der Waals surface area contributed by atoms with Crippen molar-refractivity contribution in [3.05, 3.63) is 24.3 Å². The Labute approximate surface area is 105 Å². The van der Waals surface area contributed by atoms with Gasteiger partial charge in [0.25, 0.3) is 5.22 Å². The second-order valence-corrected chi connectivity index (χ2v) is 5.44. The number of oxazole rings is 1. The molecule has 3 rings (SSSR count). The van der Waals surface area contributed by atoms with Crippen molar-refractivity contribution >= 4 is 22.9 Å². The van der Waals surface area contributed by atoms with Gasteiger partial charge in [0.15, 0.2) is 5.58 Å². The number of piperidine rings is 1. The van der Waals surface area contributed by atoms with Crippen molar-refractivity contribution in [3.8, 4) is 0 Å². The van der Waals surface area contributed by atoms with Crippen LogP contribution >= 0.6 is 11.8 Å². The molecule has 1 N–H and O–H groups in total. The number of benzene rings is 1. The van der Waals surface area contributed by atoms with Crippen LogP contribution in [0.2, 0.25) is 0 Å². The molecular formula is C13H16N2OS. The van der Waals surface area contributed by atoms with Gasteiger partial charge in [-0.25, -0.2) is 4.98 Å². The number of aromatic nitrogens is 1. The van der Waals surface area contributed by atoms with Crippen molar-refractivity contribution < 1.29 is 4.42 Å². The molecule has 0 spiro atoms. The Hall–Kier alpha value is -1.00. The Morgan fingerprint density at radius 3 is 3.18 bits per heavy atom. The van der Waals surface area contributed by atoms with Crippen molar-refractivity contribution in [2.45, 2.75) is 18.1 Å². The smallest absolute Gasteiger partial charge is 0.256 e. The fraction of sp³-hybridized carbons (Fsp3) is 0.462. The summed E-state index contributed by atoms with van der Waals surface area (Å²) in [5, 5.41) is 4.24. The molecule has 2 heterocycles. The van der Waals surface area contributed by atoms with Crippen molar-refractivity contribution in [1.29, 1.82) is 0 Å². The Kier molecular flexibility index (Phi) is 3.34. The summed E-state index contributed by atoms with van der Waals surface area (Å²) in [5.41, 5.74) is 1.84. The molecule has 0 radical (unpaired) electrons. The highest BCUT2D eigenvalue weighted by Gasteiger charge is 2.14. The molecule has 4 heteroatoms. The average molecular weight is 248 g/mol. The Morgan fingerprint density at radius 2 is 2.35 bits per heavy atom. The molecule has 17 heavy (non-hydrogen) atoms. The van der Waals surface area contributed by atoms with Crippen molar-refractivity contribution in [2.75, 3.05) is 18.8 Å². The standard InChI is InChI=1S/C13H16N2OS/c1-2-6-12-11(5-1)15-13(16-12)17-9-10-4-3-7-14-8-10/h1-2,5-6,10,14H,3-4,7-9H2/t10-/m0/s1. The number of hydrogen-bond donors (Lipinski definition) is 1. The number of fused-ring (bicyclic) bond motifs is 1. The van der Waals surface area contributed by atoms with Gasteiger partial charge in [-0.15, -0.1) is 0 Å². The molecule has 1 atom stereocenters. The van der Waals surface area contributed by atoms with E-state index in [0.29, 0.717) is 0 Å². The first-order valence-corrected chi connectivity index (χ1v) is 7.09. The summed E-state index contributed by atoms with van der Waals surface area (Å²) in [4.78, 5) is 4.47. The van der Waals surface area contributed by atoms with Crippen molar-refractivity contribution in [1.82, 2.24) is 10.3 Å². The molecule has 1 aliphatic rings. The maximum Gasteiger partial charge on any atom is 0.256 e. The van der Waals surface area contributed by atoms with E-state index in [9.17, 15) is 0 Å². The monoisotopic (exact) mass is 248 g/mol. The lowest BCUT2D eigenvalue weighted by atomic mass is 10.0. The second kappa shape index (κ2) is 5.10. The van der Waals surface area contributed by atoms with Gasteiger partial charge in [-0.05, 0) is 44.0 Å². The molecule has 1 aromatic carbocycles. The predicted molar refractivity (Wildman–Crippen MR) is 70.3 cm³/mol. The van der Waals surface area contributed by atoms with Crippen molar-refractivity contribution in [3.63, 3.8) is 0 Å². The van der Waals surface area contributed by atoms with Crippen LogP contribution in [0.15, 0.2) is 33.9 Å². The summed E-state index contributed by atoms with van der Waals surface area (Å²) in [7, 11) is 0. The first kappa shape index (κ1) is 11.1. The fourth-order valence-electron chi connectivity index (χ4n) is 2.17. The maximum atomic E-state index is 5.69. The van der Waals surface area contributed by atoms with Gasteiger partial charge >= 0.3 is 0 Å². The topological polar surface area (TPSA) is 38.1 Å². The largest absolute Gasteiger partial charge is 0.431 e. The molecule has 1 aliphatic heterocycles. The van der Waals surface area contributed by atoms with E-state index in [2.05, 4.69) is 10.3 Å². The normalized spacial score (nSPS) is 20.8. The van der Waals surface area contributed by atoms with Gasteiger partial charge in [-0.1, -0.05) is 23.9 Å². The van der Waals surface area contributed by atoms with Gasteiger partial charge in [-0.2, -0.15) is 0 Å². The highest BCUT2D eigenvalue weighted by Crippen LogP contribution is 2.26. The first-order chi connectivity index (χ1) is 8.42. The van der Waals surface area contributed by atoms with E-state index in [1.54, 1.807) is 11.8 Å². The molecule has 0 bridgehead atoms. The van der Waals surface area contributed by atoms with Crippen LogP contribution in [-0.4, -0.2) is 23.8 Å². The fourth-order valence-corrected chi connectivity index (χ4v) is 3.14. The molecule has 1 saturated heterocycles. The lowest BCUT2D eigenvalue weighted by Gasteiger charge is -2.21. The van der Waals surface area contributed by atoms with Crippen LogP contribution in [0.3, 0.4) is 0 Å². The SMILES string of the molecule is c1ccc2oc(SC[C@H]3CCCNC3)nc2c1. The summed E-state index contributed by atoms with van der Waals surface area (Å²) in [6.45, 7) is 2.30. The van der Waals surface area contributed by atoms with Crippen LogP contribution < -0.4 is 5.32 Å². The van der Waals surface area contributed by atoms with E-state index >= 15 is 0 Å². The lowest BCUT2D eigenvalue weighted by molar-refractivity contribution is 0.408. The van der Waals surface area contributed by atoms with E-state index in [1.807, 2.05) is 24.3 Å². The van der Waals surface area contributed by atoms with Crippen LogP contribution in [0.4, 0.5) is 0 Å². The minimum atomic E-state index is 0.753. The molecule has 90 valence electrons. The maximum absolute atomic E-state index is 5.69. The summed E-state index contributed by atoms with van der Waals surface area (Å²) in [6.07, 6.45) is 2.61. The number of rotatable bonds is 3. The molecule has 0 unspecified atom stereocenters. The molecule has 3 nitrogen and oxygen atoms in total. The Balaban J connectivity index is 1.64. The summed E-state index contributed by atoms with van der Waals surface area (Å²) in [5.74, 6) is 1.85. The van der Waals surface area contributed by atoms with Gasteiger partial charge in [-0.3, -0.25) is 0 Å². The molecule has 1 fully saturated rings. The Bertz CT molecular complexity index is 458. The number of nitrogens with zero attached hydrogens (tertiary/aromatic N) is 1. The zero-order valence-corrected chi connectivity index (χ0v) is 10.5. The third-order valence-corrected chi connectivity index (χ3v) is 4.18. The van der Waals surface area contributed by atoms with Crippen LogP contribution in [-0.2, 0) is 0 Å². The minimum absolute atomic E-state index is 0.753. The second-order valence-electron chi connectivity index (χ2n) is 4.47. The molecule has 0 amide bonds. The highest BCUT2D eigenvalue weighted by molar-refractivity contribution is 7.99. The van der Waals surface area contributed by atoms with Gasteiger partial charge in [0.2, 0.25) is 0 Å². The average Bonchev–Trinajstić information content (AvgIpc) is 2.80. The van der Waals surface area contributed by atoms with Crippen molar-refractivity contribution in [2.24, 2.45) is 5.92 Å². The van der Waals surface area contributed by atoms with Crippen LogP contribution in [0, 0.1) is 5.92 Å².